The molecule has 1 aliphatic rings. The molecule has 0 spiro atoms. The molecule has 0 radical (unpaired) electrons. The molecule has 1 amide bonds. The highest BCUT2D eigenvalue weighted by molar-refractivity contribution is 7.90. The third-order valence-electron chi connectivity index (χ3n) is 6.51. The first-order valence-corrected chi connectivity index (χ1v) is 14.4. The number of amides is 1. The van der Waals surface area contributed by atoms with Gasteiger partial charge in [-0.1, -0.05) is 61.5 Å². The van der Waals surface area contributed by atoms with Crippen molar-refractivity contribution in [2.75, 3.05) is 11.6 Å². The molecule has 0 bridgehead atoms. The highest BCUT2D eigenvalue weighted by Crippen LogP contribution is 2.36. The number of halogens is 2. The minimum absolute atomic E-state index is 0.0478. The van der Waals surface area contributed by atoms with Crippen LogP contribution < -0.4 is 5.32 Å². The number of hydrogen-bond donors (Lipinski definition) is 1. The van der Waals surface area contributed by atoms with Crippen LogP contribution in [0, 0.1) is 5.92 Å². The number of hydrogen-bond acceptors (Lipinski definition) is 5. The highest BCUT2D eigenvalue weighted by Gasteiger charge is 2.28. The van der Waals surface area contributed by atoms with Gasteiger partial charge in [0.15, 0.2) is 15.7 Å². The Morgan fingerprint density at radius 1 is 1.14 bits per heavy atom. The van der Waals surface area contributed by atoms with E-state index in [0.29, 0.717) is 35.8 Å². The van der Waals surface area contributed by atoms with Crippen molar-refractivity contribution in [3.63, 3.8) is 0 Å². The average Bonchev–Trinajstić information content (AvgIpc) is 3.48. The SMILES string of the molecule is CS(=O)(=O)c1ccc(C(CC2CCCC2)C(=O)Nc2ccn(Cc3cccc(C(=O)Cl)c3)n2)cc1Cl. The highest BCUT2D eigenvalue weighted by atomic mass is 35.5. The zero-order valence-electron chi connectivity index (χ0n) is 19.8. The third kappa shape index (κ3) is 6.55. The Hall–Kier alpha value is -2.68. The number of anilines is 1. The molecule has 1 saturated carbocycles. The Balaban J connectivity index is 1.52. The fourth-order valence-corrected chi connectivity index (χ4v) is 6.17. The number of carbonyl (C=O) groups is 2. The normalized spacial score (nSPS) is 15.1. The topological polar surface area (TPSA) is 98.1 Å². The van der Waals surface area contributed by atoms with Gasteiger partial charge in [-0.2, -0.15) is 5.10 Å². The van der Waals surface area contributed by atoms with Crippen LogP contribution in [-0.4, -0.2) is 35.6 Å². The molecule has 1 atom stereocenters. The molecule has 2 aromatic carbocycles. The quantitative estimate of drug-likeness (QED) is 0.348. The Labute approximate surface area is 220 Å². The van der Waals surface area contributed by atoms with E-state index >= 15 is 0 Å². The molecule has 1 aliphatic carbocycles. The second kappa shape index (κ2) is 11.2. The lowest BCUT2D eigenvalue weighted by atomic mass is 9.87. The zero-order valence-corrected chi connectivity index (χ0v) is 22.1. The minimum atomic E-state index is -3.47. The van der Waals surface area contributed by atoms with E-state index in [2.05, 4.69) is 10.4 Å². The lowest BCUT2D eigenvalue weighted by molar-refractivity contribution is -0.118. The molecule has 190 valence electrons. The Kier molecular flexibility index (Phi) is 8.17. The summed E-state index contributed by atoms with van der Waals surface area (Å²) in [4.78, 5) is 24.9. The standard InChI is InChI=1S/C26H27Cl2N3O4S/c1-36(34,35)23-10-9-19(15-22(23)27)21(14-17-5-2-3-6-17)26(33)29-24-11-12-31(30-24)16-18-7-4-8-20(13-18)25(28)32/h4,7-13,15,17,21H,2-3,5-6,14,16H2,1H3,(H,29,30,33). The average molecular weight is 548 g/mol. The summed E-state index contributed by atoms with van der Waals surface area (Å²) in [6.07, 6.45) is 7.93. The Morgan fingerprint density at radius 3 is 2.56 bits per heavy atom. The van der Waals surface area contributed by atoms with Crippen molar-refractivity contribution in [3.05, 3.63) is 76.4 Å². The van der Waals surface area contributed by atoms with E-state index in [1.54, 1.807) is 47.3 Å². The predicted octanol–water partition coefficient (Wildman–Crippen LogP) is 5.67. The van der Waals surface area contributed by atoms with Crippen LogP contribution >= 0.6 is 23.2 Å². The number of nitrogens with one attached hydrogen (secondary N) is 1. The number of sulfone groups is 1. The molecule has 10 heteroatoms. The summed E-state index contributed by atoms with van der Waals surface area (Å²) in [7, 11) is -3.47. The maximum atomic E-state index is 13.4. The second-order valence-electron chi connectivity index (χ2n) is 9.26. The summed E-state index contributed by atoms with van der Waals surface area (Å²) in [6, 6.07) is 13.4. The van der Waals surface area contributed by atoms with Crippen LogP contribution in [-0.2, 0) is 21.2 Å². The maximum Gasteiger partial charge on any atom is 0.252 e. The largest absolute Gasteiger partial charge is 0.309 e. The van der Waals surface area contributed by atoms with Crippen molar-refractivity contribution in [2.24, 2.45) is 5.92 Å². The lowest BCUT2D eigenvalue weighted by Gasteiger charge is -2.21. The van der Waals surface area contributed by atoms with Crippen LogP contribution in [0.4, 0.5) is 5.82 Å². The van der Waals surface area contributed by atoms with Crippen LogP contribution in [0.1, 0.15) is 59.5 Å². The van der Waals surface area contributed by atoms with E-state index in [1.165, 1.54) is 6.07 Å². The number of carbonyl (C=O) groups excluding carboxylic acids is 2. The van der Waals surface area contributed by atoms with Crippen LogP contribution in [0.5, 0.6) is 0 Å². The molecule has 1 fully saturated rings. The van der Waals surface area contributed by atoms with Crippen molar-refractivity contribution >= 4 is 50.0 Å². The minimum Gasteiger partial charge on any atom is -0.309 e. The van der Waals surface area contributed by atoms with E-state index in [9.17, 15) is 18.0 Å². The zero-order chi connectivity index (χ0) is 25.9. The maximum absolute atomic E-state index is 13.4. The molecule has 36 heavy (non-hydrogen) atoms. The van der Waals surface area contributed by atoms with Crippen molar-refractivity contribution in [1.29, 1.82) is 0 Å². The van der Waals surface area contributed by atoms with Crippen LogP contribution in [0.3, 0.4) is 0 Å². The first-order chi connectivity index (χ1) is 17.1. The monoisotopic (exact) mass is 547 g/mol. The molecule has 3 aromatic rings. The van der Waals surface area contributed by atoms with Gasteiger partial charge in [0.1, 0.15) is 0 Å². The van der Waals surface area contributed by atoms with Gasteiger partial charge in [-0.05, 0) is 53.3 Å². The van der Waals surface area contributed by atoms with E-state index in [1.807, 2.05) is 6.07 Å². The van der Waals surface area contributed by atoms with Gasteiger partial charge >= 0.3 is 0 Å². The van der Waals surface area contributed by atoms with Crippen molar-refractivity contribution in [1.82, 2.24) is 9.78 Å². The smallest absolute Gasteiger partial charge is 0.252 e. The van der Waals surface area contributed by atoms with E-state index in [-0.39, 0.29) is 15.8 Å². The summed E-state index contributed by atoms with van der Waals surface area (Å²) in [6.45, 7) is 0.405. The van der Waals surface area contributed by atoms with Crippen LogP contribution in [0.2, 0.25) is 5.02 Å². The first kappa shape index (κ1) is 26.4. The third-order valence-corrected chi connectivity index (χ3v) is 8.31. The molecular formula is C26H27Cl2N3O4S. The van der Waals surface area contributed by atoms with E-state index in [0.717, 1.165) is 37.5 Å². The fourth-order valence-electron chi connectivity index (χ4n) is 4.72. The number of nitrogens with zero attached hydrogens (tertiary/aromatic N) is 2. The van der Waals surface area contributed by atoms with Gasteiger partial charge in [0.2, 0.25) is 5.91 Å². The number of aromatic nitrogens is 2. The lowest BCUT2D eigenvalue weighted by Crippen LogP contribution is -2.23. The Bertz CT molecular complexity index is 1380. The van der Waals surface area contributed by atoms with Crippen molar-refractivity contribution in [2.45, 2.75) is 49.5 Å². The van der Waals surface area contributed by atoms with Crippen LogP contribution in [0.15, 0.2) is 59.6 Å². The summed E-state index contributed by atoms with van der Waals surface area (Å²) < 4.78 is 25.6. The molecule has 7 nitrogen and oxygen atoms in total. The number of benzene rings is 2. The van der Waals surface area contributed by atoms with E-state index in [4.69, 9.17) is 23.2 Å². The molecular weight excluding hydrogens is 521 g/mol. The van der Waals surface area contributed by atoms with Gasteiger partial charge in [0, 0.05) is 24.1 Å². The van der Waals surface area contributed by atoms with Crippen LogP contribution in [0.25, 0.3) is 0 Å². The molecule has 1 unspecified atom stereocenters. The van der Waals surface area contributed by atoms with Gasteiger partial charge in [-0.3, -0.25) is 14.3 Å². The second-order valence-corrected chi connectivity index (χ2v) is 12.0. The molecule has 0 aliphatic heterocycles. The molecule has 0 saturated heterocycles. The Morgan fingerprint density at radius 2 is 1.89 bits per heavy atom. The van der Waals surface area contributed by atoms with Gasteiger partial charge in [0.05, 0.1) is 22.4 Å². The predicted molar refractivity (Wildman–Crippen MR) is 140 cm³/mol. The molecule has 1 heterocycles. The fraction of sp³-hybridized carbons (Fsp3) is 0.346. The van der Waals surface area contributed by atoms with Gasteiger partial charge in [-0.25, -0.2) is 8.42 Å². The first-order valence-electron chi connectivity index (χ1n) is 11.7. The van der Waals surface area contributed by atoms with Crippen molar-refractivity contribution < 1.29 is 18.0 Å². The van der Waals surface area contributed by atoms with Gasteiger partial charge < -0.3 is 5.32 Å². The van der Waals surface area contributed by atoms with Crippen molar-refractivity contribution in [3.8, 4) is 0 Å². The van der Waals surface area contributed by atoms with Gasteiger partial charge in [-0.15, -0.1) is 0 Å². The molecule has 4 rings (SSSR count). The van der Waals surface area contributed by atoms with E-state index < -0.39 is 21.0 Å². The number of rotatable bonds is 9. The summed E-state index contributed by atoms with van der Waals surface area (Å²) >= 11 is 11.9. The molecule has 1 N–H and O–H groups in total. The summed E-state index contributed by atoms with van der Waals surface area (Å²) in [5.41, 5.74) is 1.94. The summed E-state index contributed by atoms with van der Waals surface area (Å²) in [5.74, 6) is 0.115. The summed E-state index contributed by atoms with van der Waals surface area (Å²) in [5, 5.41) is 6.95. The molecule has 1 aromatic heterocycles. The van der Waals surface area contributed by atoms with Gasteiger partial charge in [0.25, 0.3) is 5.24 Å².